The van der Waals surface area contributed by atoms with Crippen LogP contribution in [0.3, 0.4) is 0 Å². The van der Waals surface area contributed by atoms with Crippen LogP contribution < -0.4 is 5.56 Å². The fraction of sp³-hybridized carbons (Fsp3) is 0.0588. The van der Waals surface area contributed by atoms with E-state index in [-0.39, 0.29) is 5.56 Å². The van der Waals surface area contributed by atoms with Gasteiger partial charge in [0.2, 0.25) is 5.95 Å². The molecule has 5 aromatic rings. The number of rotatable bonds is 2. The fourth-order valence-corrected chi connectivity index (χ4v) is 3.03. The zero-order valence-corrected chi connectivity index (χ0v) is 13.7. The van der Waals surface area contributed by atoms with E-state index < -0.39 is 0 Å². The van der Waals surface area contributed by atoms with E-state index in [1.807, 2.05) is 30.3 Å². The van der Waals surface area contributed by atoms with Crippen molar-refractivity contribution in [2.24, 2.45) is 0 Å². The number of aryl methyl sites for hydroxylation is 1. The third kappa shape index (κ3) is 2.04. The lowest BCUT2D eigenvalue weighted by Crippen LogP contribution is -2.21. The van der Waals surface area contributed by atoms with Crippen LogP contribution in [0.2, 0.25) is 0 Å². The van der Waals surface area contributed by atoms with Crippen LogP contribution in [-0.2, 0) is 0 Å². The predicted molar refractivity (Wildman–Crippen MR) is 94.0 cm³/mol. The molecule has 9 heteroatoms. The number of H-pyrrole nitrogens is 1. The highest BCUT2D eigenvalue weighted by atomic mass is 16.1. The van der Waals surface area contributed by atoms with Crippen LogP contribution in [0.5, 0.6) is 0 Å². The Hall–Kier alpha value is -3.88. The summed E-state index contributed by atoms with van der Waals surface area (Å²) in [4.78, 5) is 26.2. The molecule has 0 amide bonds. The van der Waals surface area contributed by atoms with E-state index in [4.69, 9.17) is 0 Å². The van der Waals surface area contributed by atoms with E-state index >= 15 is 0 Å². The molecule has 0 fully saturated rings. The molecule has 0 aliphatic heterocycles. The van der Waals surface area contributed by atoms with Crippen molar-refractivity contribution in [2.75, 3.05) is 0 Å². The Morgan fingerprint density at radius 3 is 2.69 bits per heavy atom. The van der Waals surface area contributed by atoms with E-state index in [0.717, 1.165) is 5.56 Å². The van der Waals surface area contributed by atoms with Crippen LogP contribution in [0.4, 0.5) is 0 Å². The maximum Gasteiger partial charge on any atom is 0.269 e. The zero-order chi connectivity index (χ0) is 17.7. The third-order valence-electron chi connectivity index (χ3n) is 4.11. The molecule has 5 rings (SSSR count). The Morgan fingerprint density at radius 2 is 1.92 bits per heavy atom. The number of aromatic amines is 1. The van der Waals surface area contributed by atoms with Crippen molar-refractivity contribution >= 4 is 16.7 Å². The van der Waals surface area contributed by atoms with E-state index in [9.17, 15) is 4.79 Å². The van der Waals surface area contributed by atoms with Gasteiger partial charge in [-0.15, -0.1) is 5.10 Å². The minimum atomic E-state index is -0.263. The summed E-state index contributed by atoms with van der Waals surface area (Å²) in [6.45, 7) is 1.79. The summed E-state index contributed by atoms with van der Waals surface area (Å²) in [6.07, 6.45) is 2.97. The molecule has 0 bridgehead atoms. The Bertz CT molecular complexity index is 1300. The van der Waals surface area contributed by atoms with Gasteiger partial charge in [-0.3, -0.25) is 9.36 Å². The Balaban J connectivity index is 1.99. The smallest absolute Gasteiger partial charge is 0.268 e. The molecular weight excluding hydrogens is 332 g/mol. The molecule has 0 aliphatic rings. The Labute approximate surface area is 146 Å². The SMILES string of the molecule is Cc1nc2nc3ccn(-c4ncn[nH]4)c(=O)c3c(-c3ccccc3)n2n1. The van der Waals surface area contributed by atoms with Gasteiger partial charge in [-0.2, -0.15) is 19.6 Å². The molecule has 26 heavy (non-hydrogen) atoms. The lowest BCUT2D eigenvalue weighted by atomic mass is 10.1. The minimum Gasteiger partial charge on any atom is -0.268 e. The third-order valence-corrected chi connectivity index (χ3v) is 4.11. The molecule has 0 saturated heterocycles. The largest absolute Gasteiger partial charge is 0.269 e. The number of aromatic nitrogens is 8. The number of pyridine rings is 1. The summed E-state index contributed by atoms with van der Waals surface area (Å²) in [7, 11) is 0. The number of nitrogens with zero attached hydrogens (tertiary/aromatic N) is 7. The van der Waals surface area contributed by atoms with Crippen LogP contribution in [0.25, 0.3) is 33.9 Å². The van der Waals surface area contributed by atoms with Gasteiger partial charge in [0.15, 0.2) is 0 Å². The number of benzene rings is 1. The average molecular weight is 344 g/mol. The molecule has 1 N–H and O–H groups in total. The van der Waals surface area contributed by atoms with Crippen molar-refractivity contribution in [1.29, 1.82) is 0 Å². The van der Waals surface area contributed by atoms with Gasteiger partial charge in [-0.1, -0.05) is 30.3 Å². The number of hydrogen-bond acceptors (Lipinski definition) is 6. The van der Waals surface area contributed by atoms with Crippen molar-refractivity contribution in [3.8, 4) is 17.2 Å². The van der Waals surface area contributed by atoms with Gasteiger partial charge in [-0.25, -0.2) is 10.1 Å². The van der Waals surface area contributed by atoms with Crippen molar-refractivity contribution in [1.82, 2.24) is 39.3 Å². The standard InChI is InChI=1S/C17H12N8O/c1-10-20-17-21-12-7-8-24(16-18-9-19-22-16)15(26)13(12)14(25(17)23-10)11-5-3-2-4-6-11/h2-9H,1H3,(H,18,19,22). The maximum atomic E-state index is 13.2. The summed E-state index contributed by atoms with van der Waals surface area (Å²) < 4.78 is 3.01. The molecule has 0 radical (unpaired) electrons. The molecule has 1 aromatic carbocycles. The molecule has 0 saturated carbocycles. The van der Waals surface area contributed by atoms with Crippen LogP contribution in [-0.4, -0.2) is 39.3 Å². The van der Waals surface area contributed by atoms with Gasteiger partial charge >= 0.3 is 0 Å². The minimum absolute atomic E-state index is 0.263. The second-order valence-electron chi connectivity index (χ2n) is 5.76. The van der Waals surface area contributed by atoms with Crippen molar-refractivity contribution < 1.29 is 0 Å². The lowest BCUT2D eigenvalue weighted by molar-refractivity contribution is 0.893. The molecule has 126 valence electrons. The molecule has 0 spiro atoms. The predicted octanol–water partition coefficient (Wildman–Crippen LogP) is 1.52. The number of fused-ring (bicyclic) bond motifs is 2. The normalized spacial score (nSPS) is 11.4. The maximum absolute atomic E-state index is 13.2. The highest BCUT2D eigenvalue weighted by Gasteiger charge is 2.18. The molecular formula is C17H12N8O. The summed E-state index contributed by atoms with van der Waals surface area (Å²) in [5.41, 5.74) is 1.78. The highest BCUT2D eigenvalue weighted by Crippen LogP contribution is 2.26. The van der Waals surface area contributed by atoms with Gasteiger partial charge in [0, 0.05) is 11.8 Å². The fourth-order valence-electron chi connectivity index (χ4n) is 3.03. The monoisotopic (exact) mass is 344 g/mol. The quantitative estimate of drug-likeness (QED) is 0.520. The van der Waals surface area contributed by atoms with Gasteiger partial charge in [-0.05, 0) is 13.0 Å². The first-order chi connectivity index (χ1) is 12.7. The van der Waals surface area contributed by atoms with Gasteiger partial charge < -0.3 is 0 Å². The van der Waals surface area contributed by atoms with Crippen LogP contribution in [0.15, 0.2) is 53.7 Å². The summed E-state index contributed by atoms with van der Waals surface area (Å²) in [6, 6.07) is 11.4. The lowest BCUT2D eigenvalue weighted by Gasteiger charge is -2.10. The average Bonchev–Trinajstić information content (AvgIpc) is 3.30. The molecule has 0 unspecified atom stereocenters. The topological polar surface area (TPSA) is 107 Å². The van der Waals surface area contributed by atoms with E-state index in [1.165, 1.54) is 10.9 Å². The van der Waals surface area contributed by atoms with E-state index in [2.05, 4.69) is 30.2 Å². The first-order valence-corrected chi connectivity index (χ1v) is 7.92. The highest BCUT2D eigenvalue weighted by molar-refractivity contribution is 5.93. The molecule has 9 nitrogen and oxygen atoms in total. The van der Waals surface area contributed by atoms with E-state index in [1.54, 1.807) is 23.7 Å². The first kappa shape index (κ1) is 14.5. The molecule has 4 heterocycles. The Morgan fingerprint density at radius 1 is 1.08 bits per heavy atom. The van der Waals surface area contributed by atoms with E-state index in [0.29, 0.717) is 34.1 Å². The first-order valence-electron chi connectivity index (χ1n) is 7.92. The van der Waals surface area contributed by atoms with Gasteiger partial charge in [0.25, 0.3) is 11.3 Å². The summed E-state index contributed by atoms with van der Waals surface area (Å²) in [5, 5.41) is 11.4. The van der Waals surface area contributed by atoms with Gasteiger partial charge in [0.1, 0.15) is 12.2 Å². The molecule has 4 aromatic heterocycles. The van der Waals surface area contributed by atoms with Crippen LogP contribution in [0, 0.1) is 6.92 Å². The second-order valence-corrected chi connectivity index (χ2v) is 5.76. The number of hydrogen-bond donors (Lipinski definition) is 1. The van der Waals surface area contributed by atoms with Crippen molar-refractivity contribution in [2.45, 2.75) is 6.92 Å². The summed E-state index contributed by atoms with van der Waals surface area (Å²) in [5.74, 6) is 1.37. The van der Waals surface area contributed by atoms with Crippen molar-refractivity contribution in [3.05, 3.63) is 65.1 Å². The molecule has 0 atom stereocenters. The number of nitrogens with one attached hydrogen (secondary N) is 1. The van der Waals surface area contributed by atoms with Crippen molar-refractivity contribution in [3.63, 3.8) is 0 Å². The van der Waals surface area contributed by atoms with Gasteiger partial charge in [0.05, 0.1) is 16.6 Å². The molecule has 0 aliphatic carbocycles. The zero-order valence-electron chi connectivity index (χ0n) is 13.7. The Kier molecular flexibility index (Phi) is 2.95. The van der Waals surface area contributed by atoms with Crippen LogP contribution >= 0.6 is 0 Å². The second kappa shape index (κ2) is 5.31. The summed E-state index contributed by atoms with van der Waals surface area (Å²) >= 11 is 0. The van der Waals surface area contributed by atoms with Crippen LogP contribution in [0.1, 0.15) is 5.82 Å².